The second kappa shape index (κ2) is 42.0. The smallest absolute Gasteiger partial charge is 0.303 e. The quantitative estimate of drug-likeness (QED) is 0.118. The Morgan fingerprint density at radius 3 is 0.957 bits per heavy atom. The van der Waals surface area contributed by atoms with Crippen LogP contribution >= 0.6 is 27.5 Å². The third-order valence-electron chi connectivity index (χ3n) is 24.1. The second-order valence-corrected chi connectivity index (χ2v) is 40.5. The van der Waals surface area contributed by atoms with E-state index in [4.69, 9.17) is 36.5 Å². The molecule has 0 aliphatic rings. The normalized spacial score (nSPS) is 11.8. The van der Waals surface area contributed by atoms with Crippen LogP contribution in [0.15, 0.2) is 345 Å². The molecule has 0 unspecified atom stereocenters. The topological polar surface area (TPSA) is 121 Å². The van der Waals surface area contributed by atoms with Gasteiger partial charge in [0.2, 0.25) is 0 Å². The molecule has 0 N–H and O–H groups in total. The molecule has 21 rings (SSSR count). The summed E-state index contributed by atoms with van der Waals surface area (Å²) < 4.78 is 69.0. The fourth-order valence-electron chi connectivity index (χ4n) is 18.0. The summed E-state index contributed by atoms with van der Waals surface area (Å²) in [5.74, 6) is 1.02. The number of rotatable bonds is 11. The van der Waals surface area contributed by atoms with Gasteiger partial charge in [0.15, 0.2) is 22.8 Å². The summed E-state index contributed by atoms with van der Waals surface area (Å²) in [7, 11) is 0. The van der Waals surface area contributed by atoms with E-state index in [0.717, 1.165) is 107 Å². The molecule has 0 spiro atoms. The van der Waals surface area contributed by atoms with Crippen LogP contribution in [0.1, 0.15) is 203 Å². The molecule has 0 aliphatic heterocycles. The molecule has 0 saturated carbocycles. The first-order chi connectivity index (χ1) is 66.4. The van der Waals surface area contributed by atoms with Gasteiger partial charge in [-0.1, -0.05) is 359 Å². The largest absolute Gasteiger partial charge is 0.419 e. The molecule has 0 radical (unpaired) electrons. The Morgan fingerprint density at radius 1 is 0.266 bits per heavy atom. The first-order valence-electron chi connectivity index (χ1n) is 47.3. The number of hydrogen-bond acceptors (Lipinski definition) is 7. The average molecular weight is 1940 g/mol. The predicted octanol–water partition coefficient (Wildman–Crippen LogP) is 32.9. The molecule has 7 aromatic carbocycles. The van der Waals surface area contributed by atoms with E-state index in [1.54, 1.807) is 16.7 Å². The van der Waals surface area contributed by atoms with E-state index in [0.29, 0.717) is 34.1 Å². The molecule has 0 amide bonds. The van der Waals surface area contributed by atoms with Gasteiger partial charge in [-0.15, -0.1) is 0 Å². The summed E-state index contributed by atoms with van der Waals surface area (Å²) in [6.07, 6.45) is 9.51. The van der Waals surface area contributed by atoms with Crippen LogP contribution in [-0.2, 0) is 22.4 Å². The van der Waals surface area contributed by atoms with Crippen LogP contribution in [0.2, 0.25) is 5.02 Å². The molecule has 14 heterocycles. The van der Waals surface area contributed by atoms with E-state index < -0.39 is 11.7 Å². The third kappa shape index (κ3) is 21.7. The minimum Gasteiger partial charge on any atom is -0.303 e. The number of halogens is 6. The summed E-state index contributed by atoms with van der Waals surface area (Å²) in [6.45, 7) is 43.2. The minimum absolute atomic E-state index is 0.0192. The SMILES string of the molecule is CC(C)(C)c1c(-c2ccccc2)nc2c(Br)cccn12.CC(C)(C)c1c(-c2ccccc2)nc2c(F)cccn12.CC(C)c1c(-c2ccccc2)nc2c(C(F)(F)F)cccn12.CC(C)c1c(-c2ccccc2)nc2c(Cl)cccn12.CC(C)c1c(-c2ccccc2)nc2ccccn12.Cc1ccc(-c2nc3c(C)cccn3c2C(C)(C)C)cc1.Cc1cccn2c(C(C)C)c(-c3ccccc3)nc12. The number of aryl methyl sites for hydroxylation is 3. The second-order valence-electron chi connectivity index (χ2n) is 39.2. The Kier molecular flexibility index (Phi) is 30.1. The highest BCUT2D eigenvalue weighted by atomic mass is 79.9. The Labute approximate surface area is 826 Å². The number of aromatic nitrogens is 14. The van der Waals surface area contributed by atoms with Crippen LogP contribution in [0.25, 0.3) is 118 Å². The van der Waals surface area contributed by atoms with Crippen molar-refractivity contribution in [2.45, 2.75) is 185 Å². The Hall–Kier alpha value is -14.1. The van der Waals surface area contributed by atoms with Gasteiger partial charge in [-0.2, -0.15) is 13.2 Å². The van der Waals surface area contributed by atoms with Gasteiger partial charge in [-0.3, -0.25) is 0 Å². The van der Waals surface area contributed by atoms with Gasteiger partial charge in [-0.05, 0) is 144 Å². The monoisotopic (exact) mass is 1930 g/mol. The van der Waals surface area contributed by atoms with Crippen molar-refractivity contribution in [1.82, 2.24) is 65.7 Å². The van der Waals surface area contributed by atoms with Gasteiger partial charge in [0, 0.05) is 98.6 Å². The van der Waals surface area contributed by atoms with E-state index in [-0.39, 0.29) is 33.6 Å². The number of fused-ring (bicyclic) bond motifs is 7. The molecule has 0 bridgehead atoms. The van der Waals surface area contributed by atoms with Crippen molar-refractivity contribution in [2.24, 2.45) is 0 Å². The molecular weight excluding hydrogens is 1820 g/mol. The fourth-order valence-corrected chi connectivity index (χ4v) is 18.6. The molecule has 0 saturated heterocycles. The summed E-state index contributed by atoms with van der Waals surface area (Å²) in [4.78, 5) is 33.0. The lowest BCUT2D eigenvalue weighted by molar-refractivity contribution is -0.136. The lowest BCUT2D eigenvalue weighted by Crippen LogP contribution is -2.15. The number of pyridine rings is 7. The number of imidazole rings is 7. The molecule has 20 heteroatoms. The molecule has 0 aliphatic carbocycles. The summed E-state index contributed by atoms with van der Waals surface area (Å²) in [5.41, 5.74) is 30.8. The van der Waals surface area contributed by atoms with Crippen molar-refractivity contribution in [2.75, 3.05) is 0 Å². The van der Waals surface area contributed by atoms with E-state index in [1.807, 2.05) is 158 Å². The highest BCUT2D eigenvalue weighted by molar-refractivity contribution is 9.10. The average Bonchev–Trinajstić information content (AvgIpc) is 1.61. The van der Waals surface area contributed by atoms with Crippen molar-refractivity contribution in [1.29, 1.82) is 0 Å². The van der Waals surface area contributed by atoms with Gasteiger partial charge in [0.25, 0.3) is 0 Å². The van der Waals surface area contributed by atoms with Crippen molar-refractivity contribution < 1.29 is 17.6 Å². The van der Waals surface area contributed by atoms with Gasteiger partial charge in [0.1, 0.15) is 22.6 Å². The third-order valence-corrected chi connectivity index (χ3v) is 25.0. The van der Waals surface area contributed by atoms with Crippen LogP contribution in [0.3, 0.4) is 0 Å². The standard InChI is InChI=1S/C19H22N2.C17H17BrN2.C17H15F3N2.C17H17FN2.C17H18N2.C16H15ClN2.C16H16N2/c1-13-8-10-15(11-9-13)16-17(19(3,4)5)21-12-6-7-14(2)18(21)20-16;1-17(2,3)15-14(12-8-5-4-6-9-12)19-16-13(18)10-7-11-20(15)16;1-11(2)15-14(12-7-4-3-5-8-12)21-16-13(17(18,19)20)9-6-10-22(15)16;1-17(2,3)15-14(12-8-5-4-6-9-12)19-16-13(18)10-7-11-20(15)16;1-12(2)16-15(14-9-5-4-6-10-14)18-17-13(3)8-7-11-19(16)17;1-11(2)15-14(12-7-4-3-5-8-12)18-16-13(17)9-6-10-19(15)16;1-12(2)16-15(13-8-4-3-5-9-13)17-14-10-6-7-11-18(14)16/h6-12H,1-5H3;4-11H,1-3H3;3-11H,1-2H3;4-11H,1-3H3;4-12H,1-3H3;3-11H,1-2H3;3-12H,1-2H3. The Bertz CT molecular complexity index is 7520. The zero-order valence-corrected chi connectivity index (χ0v) is 85.0. The van der Waals surface area contributed by atoms with Crippen molar-refractivity contribution in [3.05, 3.63) is 418 Å². The maximum atomic E-state index is 14.0. The maximum Gasteiger partial charge on any atom is 0.419 e. The first kappa shape index (κ1) is 99.3. The number of alkyl halides is 3. The predicted molar refractivity (Wildman–Crippen MR) is 569 cm³/mol. The van der Waals surface area contributed by atoms with E-state index >= 15 is 0 Å². The number of benzene rings is 7. The summed E-state index contributed by atoms with van der Waals surface area (Å²) in [5, 5.41) is 0.687. The van der Waals surface area contributed by atoms with Gasteiger partial charge in [0.05, 0.1) is 94.8 Å². The summed E-state index contributed by atoms with van der Waals surface area (Å²) in [6, 6.07) is 97.4. The molecular formula is C119H120BrClF4N14. The number of hydrogen-bond donors (Lipinski definition) is 0. The van der Waals surface area contributed by atoms with Crippen molar-refractivity contribution >= 4 is 67.1 Å². The van der Waals surface area contributed by atoms with Crippen LogP contribution in [0, 0.1) is 26.6 Å². The molecule has 708 valence electrons. The number of nitrogens with zero attached hydrogens (tertiary/aromatic N) is 14. The van der Waals surface area contributed by atoms with Crippen LogP contribution in [0.5, 0.6) is 0 Å². The molecule has 14 nitrogen and oxygen atoms in total. The molecule has 21 aromatic rings. The van der Waals surface area contributed by atoms with E-state index in [9.17, 15) is 17.6 Å². The summed E-state index contributed by atoms with van der Waals surface area (Å²) >= 11 is 9.85. The zero-order chi connectivity index (χ0) is 99.1. The Balaban J connectivity index is 0.000000123. The van der Waals surface area contributed by atoms with Gasteiger partial charge < -0.3 is 30.8 Å². The lowest BCUT2D eigenvalue weighted by Gasteiger charge is -2.20. The minimum atomic E-state index is -4.42. The van der Waals surface area contributed by atoms with Crippen molar-refractivity contribution in [3.63, 3.8) is 0 Å². The lowest BCUT2D eigenvalue weighted by atomic mass is 9.88. The van der Waals surface area contributed by atoms with Crippen LogP contribution < -0.4 is 0 Å². The highest BCUT2D eigenvalue weighted by Gasteiger charge is 2.36. The molecule has 139 heavy (non-hydrogen) atoms. The zero-order valence-electron chi connectivity index (χ0n) is 82.7. The fraction of sp³-hybridized carbons (Fsp3) is 0.235. The van der Waals surface area contributed by atoms with Crippen LogP contribution in [0.4, 0.5) is 17.6 Å². The van der Waals surface area contributed by atoms with Crippen molar-refractivity contribution in [3.8, 4) is 78.8 Å². The Morgan fingerprint density at radius 2 is 0.547 bits per heavy atom. The maximum absolute atomic E-state index is 14.0. The van der Waals surface area contributed by atoms with Gasteiger partial charge in [-0.25, -0.2) is 39.3 Å². The molecule has 0 fully saturated rings. The van der Waals surface area contributed by atoms with Crippen LogP contribution in [-0.4, -0.2) is 65.7 Å². The van der Waals surface area contributed by atoms with Gasteiger partial charge >= 0.3 is 6.18 Å². The van der Waals surface area contributed by atoms with E-state index in [2.05, 4.69) is 343 Å². The highest BCUT2D eigenvalue weighted by Crippen LogP contribution is 2.43. The molecule has 0 atom stereocenters. The van der Waals surface area contributed by atoms with E-state index in [1.165, 1.54) is 74.0 Å². The molecule has 14 aromatic heterocycles. The first-order valence-corrected chi connectivity index (χ1v) is 48.5.